The molecule has 1 N–H and O–H groups in total. The lowest BCUT2D eigenvalue weighted by molar-refractivity contribution is -0.0178. The van der Waals surface area contributed by atoms with Crippen molar-refractivity contribution in [3.63, 3.8) is 0 Å². The first-order valence-corrected chi connectivity index (χ1v) is 14.0. The third-order valence-corrected chi connectivity index (χ3v) is 9.39. The first kappa shape index (κ1) is 29.9. The minimum Gasteiger partial charge on any atom is -0.414 e. The number of hydrogen-bond acceptors (Lipinski definition) is 8. The number of nitrogens with one attached hydrogen (secondary N) is 1. The first-order valence-electron chi connectivity index (χ1n) is 11.1. The summed E-state index contributed by atoms with van der Waals surface area (Å²) >= 11 is 0. The Labute approximate surface area is 185 Å². The van der Waals surface area contributed by atoms with Crippen molar-refractivity contribution in [1.82, 2.24) is 5.32 Å². The van der Waals surface area contributed by atoms with E-state index < -0.39 is 8.32 Å². The minimum absolute atomic E-state index is 0.232. The third kappa shape index (κ3) is 18.6. The van der Waals surface area contributed by atoms with E-state index in [1.165, 1.54) is 0 Å². The molecule has 9 heteroatoms. The fourth-order valence-corrected chi connectivity index (χ4v) is 2.97. The summed E-state index contributed by atoms with van der Waals surface area (Å²) in [7, 11) is 0.229. The highest BCUT2D eigenvalue weighted by Crippen LogP contribution is 2.36. The maximum atomic E-state index is 6.06. The zero-order valence-corrected chi connectivity index (χ0v) is 21.3. The fraction of sp³-hybridized carbons (Fsp3) is 1.00. The van der Waals surface area contributed by atoms with Gasteiger partial charge in [0.25, 0.3) is 0 Å². The first-order chi connectivity index (χ1) is 14.3. The van der Waals surface area contributed by atoms with Crippen LogP contribution in [0.4, 0.5) is 0 Å². The molecular formula is C21H47NO7Si. The van der Waals surface area contributed by atoms with E-state index in [0.717, 1.165) is 6.54 Å². The van der Waals surface area contributed by atoms with Crippen LogP contribution < -0.4 is 5.32 Å². The van der Waals surface area contributed by atoms with Gasteiger partial charge in [-0.3, -0.25) is 0 Å². The van der Waals surface area contributed by atoms with Gasteiger partial charge in [0, 0.05) is 6.54 Å². The highest BCUT2D eigenvalue weighted by Gasteiger charge is 2.36. The largest absolute Gasteiger partial charge is 0.414 e. The zero-order valence-electron chi connectivity index (χ0n) is 20.3. The average molecular weight is 454 g/mol. The molecule has 0 aromatic heterocycles. The van der Waals surface area contributed by atoms with Gasteiger partial charge in [0.2, 0.25) is 0 Å². The summed E-state index contributed by atoms with van der Waals surface area (Å²) in [5, 5.41) is 3.25. The molecule has 8 nitrogen and oxygen atoms in total. The molecule has 0 fully saturated rings. The molecule has 0 aliphatic heterocycles. The van der Waals surface area contributed by atoms with Gasteiger partial charge in [0.05, 0.1) is 85.9 Å². The predicted octanol–water partition coefficient (Wildman–Crippen LogP) is 2.33. The quantitative estimate of drug-likeness (QED) is 0.198. The van der Waals surface area contributed by atoms with Crippen LogP contribution in [0, 0.1) is 0 Å². The minimum atomic E-state index is -1.67. The molecule has 0 amide bonds. The van der Waals surface area contributed by atoms with Crippen molar-refractivity contribution in [2.75, 3.05) is 99.5 Å². The third-order valence-electron chi connectivity index (χ3n) is 4.85. The Bertz CT molecular complexity index is 368. The highest BCUT2D eigenvalue weighted by molar-refractivity contribution is 6.74. The van der Waals surface area contributed by atoms with Crippen LogP contribution in [-0.2, 0) is 32.8 Å². The number of hydrogen-bond donors (Lipinski definition) is 1. The van der Waals surface area contributed by atoms with Crippen molar-refractivity contribution in [2.45, 2.75) is 38.9 Å². The van der Waals surface area contributed by atoms with E-state index in [-0.39, 0.29) is 5.04 Å². The van der Waals surface area contributed by atoms with E-state index in [0.29, 0.717) is 85.9 Å². The Balaban J connectivity index is 3.17. The summed E-state index contributed by atoms with van der Waals surface area (Å²) in [6.07, 6.45) is 0. The lowest BCUT2D eigenvalue weighted by Crippen LogP contribution is -2.41. The molecular weight excluding hydrogens is 406 g/mol. The summed E-state index contributed by atoms with van der Waals surface area (Å²) < 4.78 is 38.7. The van der Waals surface area contributed by atoms with E-state index in [2.05, 4.69) is 39.2 Å². The molecule has 0 unspecified atom stereocenters. The van der Waals surface area contributed by atoms with E-state index in [1.54, 1.807) is 0 Å². The van der Waals surface area contributed by atoms with Crippen LogP contribution >= 0.6 is 0 Å². The summed E-state index contributed by atoms with van der Waals surface area (Å²) in [4.78, 5) is 0. The number of rotatable bonds is 22. The second-order valence-electron chi connectivity index (χ2n) is 8.39. The Morgan fingerprint density at radius 2 is 0.833 bits per heavy atom. The van der Waals surface area contributed by atoms with Crippen molar-refractivity contribution in [2.24, 2.45) is 0 Å². The van der Waals surface area contributed by atoms with Gasteiger partial charge in [-0.2, -0.15) is 0 Å². The molecule has 0 aliphatic carbocycles. The van der Waals surface area contributed by atoms with Crippen LogP contribution in [-0.4, -0.2) is 108 Å². The van der Waals surface area contributed by atoms with Crippen LogP contribution in [0.15, 0.2) is 0 Å². The van der Waals surface area contributed by atoms with Gasteiger partial charge in [0.15, 0.2) is 8.32 Å². The maximum absolute atomic E-state index is 6.06. The van der Waals surface area contributed by atoms with E-state index in [9.17, 15) is 0 Å². The monoisotopic (exact) mass is 453 g/mol. The molecule has 182 valence electrons. The molecule has 0 spiro atoms. The molecule has 0 aromatic carbocycles. The second-order valence-corrected chi connectivity index (χ2v) is 13.2. The number of ether oxygens (including phenoxy) is 6. The standard InChI is InChI=1S/C21H47NO7Si/c1-21(2,3)30(5,6)29-20-19-28-18-17-27-16-15-26-14-13-25-12-11-24-10-9-23-8-7-22-4/h22H,7-20H2,1-6H3. The van der Waals surface area contributed by atoms with Gasteiger partial charge in [-0.15, -0.1) is 0 Å². The Hall–Kier alpha value is -0.103. The SMILES string of the molecule is CNCCOCCOCCOCCOCCOCCOCCO[Si](C)(C)C(C)(C)C. The van der Waals surface area contributed by atoms with Gasteiger partial charge in [-0.1, -0.05) is 20.8 Å². The highest BCUT2D eigenvalue weighted by atomic mass is 28.4. The van der Waals surface area contributed by atoms with Crippen molar-refractivity contribution in [3.05, 3.63) is 0 Å². The Kier molecular flexibility index (Phi) is 19.5. The summed E-state index contributed by atoms with van der Waals surface area (Å²) in [6.45, 7) is 19.7. The lowest BCUT2D eigenvalue weighted by Gasteiger charge is -2.36. The molecule has 0 aliphatic rings. The van der Waals surface area contributed by atoms with Crippen molar-refractivity contribution in [3.8, 4) is 0 Å². The fourth-order valence-electron chi connectivity index (χ4n) is 1.95. The average Bonchev–Trinajstić information content (AvgIpc) is 2.68. The summed E-state index contributed by atoms with van der Waals surface area (Å²) in [5.41, 5.74) is 0. The van der Waals surface area contributed by atoms with Gasteiger partial charge < -0.3 is 38.2 Å². The Morgan fingerprint density at radius 1 is 0.533 bits per heavy atom. The van der Waals surface area contributed by atoms with E-state index >= 15 is 0 Å². The lowest BCUT2D eigenvalue weighted by atomic mass is 10.2. The molecule has 0 rings (SSSR count). The molecule has 0 saturated heterocycles. The predicted molar refractivity (Wildman–Crippen MR) is 122 cm³/mol. The molecule has 0 aromatic rings. The molecule has 0 atom stereocenters. The van der Waals surface area contributed by atoms with Crippen molar-refractivity contribution >= 4 is 8.32 Å². The van der Waals surface area contributed by atoms with Gasteiger partial charge in [0.1, 0.15) is 0 Å². The smallest absolute Gasteiger partial charge is 0.192 e. The van der Waals surface area contributed by atoms with Gasteiger partial charge in [-0.05, 0) is 25.2 Å². The van der Waals surface area contributed by atoms with E-state index in [1.807, 2.05) is 7.05 Å². The van der Waals surface area contributed by atoms with Crippen LogP contribution in [0.25, 0.3) is 0 Å². The molecule has 0 saturated carbocycles. The van der Waals surface area contributed by atoms with Crippen LogP contribution in [0.2, 0.25) is 18.1 Å². The molecule has 0 bridgehead atoms. The van der Waals surface area contributed by atoms with Crippen molar-refractivity contribution in [1.29, 1.82) is 0 Å². The van der Waals surface area contributed by atoms with Gasteiger partial charge >= 0.3 is 0 Å². The molecule has 30 heavy (non-hydrogen) atoms. The van der Waals surface area contributed by atoms with Crippen LogP contribution in [0.3, 0.4) is 0 Å². The Morgan fingerprint density at radius 3 is 1.13 bits per heavy atom. The van der Waals surface area contributed by atoms with Crippen LogP contribution in [0.1, 0.15) is 20.8 Å². The topological polar surface area (TPSA) is 76.6 Å². The summed E-state index contributed by atoms with van der Waals surface area (Å²) in [5.74, 6) is 0. The maximum Gasteiger partial charge on any atom is 0.192 e. The molecule has 0 radical (unpaired) electrons. The second kappa shape index (κ2) is 19.6. The van der Waals surface area contributed by atoms with Crippen LogP contribution in [0.5, 0.6) is 0 Å². The summed E-state index contributed by atoms with van der Waals surface area (Å²) in [6, 6.07) is 0. The zero-order chi connectivity index (χ0) is 22.6. The molecule has 0 heterocycles. The van der Waals surface area contributed by atoms with Gasteiger partial charge in [-0.25, -0.2) is 0 Å². The number of likely N-dealkylation sites (N-methyl/N-ethyl adjacent to an activating group) is 1. The van der Waals surface area contributed by atoms with E-state index in [4.69, 9.17) is 32.8 Å². The van der Waals surface area contributed by atoms with Crippen molar-refractivity contribution < 1.29 is 32.8 Å². The normalized spacial score (nSPS) is 12.6.